The molecule has 2 amide bonds. The smallest absolute Gasteiger partial charge is 0.319 e. The lowest BCUT2D eigenvalue weighted by atomic mass is 9.71. The summed E-state index contributed by atoms with van der Waals surface area (Å²) in [4.78, 5) is 12.9. The maximum atomic E-state index is 12.9. The van der Waals surface area contributed by atoms with Crippen LogP contribution in [-0.4, -0.2) is 46.9 Å². The number of hydrogen-bond donors (Lipinski definition) is 3. The fraction of sp³-hybridized carbons (Fsp3) is 0.462. The monoisotopic (exact) mass is 478 g/mol. The SMILES string of the molecule is COc1ccc(-c2ccc(NC(=O)NC3CCC(C(C)(C)C)CC3)c(OC)c2-c2nn[nH]n2)cc1. The van der Waals surface area contributed by atoms with Crippen LogP contribution in [0, 0.1) is 11.3 Å². The number of carbonyl (C=O) groups excluding carboxylic acids is 1. The van der Waals surface area contributed by atoms with E-state index in [1.165, 1.54) is 0 Å². The zero-order chi connectivity index (χ0) is 25.0. The van der Waals surface area contributed by atoms with Crippen molar-refractivity contribution < 1.29 is 14.3 Å². The fourth-order valence-electron chi connectivity index (χ4n) is 4.84. The number of hydrogen-bond acceptors (Lipinski definition) is 6. The lowest BCUT2D eigenvalue weighted by molar-refractivity contribution is 0.161. The molecule has 4 rings (SSSR count). The van der Waals surface area contributed by atoms with Crippen molar-refractivity contribution in [3.05, 3.63) is 36.4 Å². The highest BCUT2D eigenvalue weighted by atomic mass is 16.5. The van der Waals surface area contributed by atoms with Crippen LogP contribution in [0.5, 0.6) is 11.5 Å². The predicted molar refractivity (Wildman–Crippen MR) is 136 cm³/mol. The molecular formula is C26H34N6O3. The largest absolute Gasteiger partial charge is 0.497 e. The Morgan fingerprint density at radius 2 is 1.71 bits per heavy atom. The Kier molecular flexibility index (Phi) is 7.23. The average molecular weight is 479 g/mol. The van der Waals surface area contributed by atoms with E-state index >= 15 is 0 Å². The van der Waals surface area contributed by atoms with Gasteiger partial charge in [0.25, 0.3) is 0 Å². The Morgan fingerprint density at radius 1 is 1.00 bits per heavy atom. The molecule has 35 heavy (non-hydrogen) atoms. The van der Waals surface area contributed by atoms with E-state index in [-0.39, 0.29) is 12.1 Å². The molecule has 1 aliphatic rings. The van der Waals surface area contributed by atoms with E-state index in [2.05, 4.69) is 52.0 Å². The highest BCUT2D eigenvalue weighted by molar-refractivity contribution is 5.96. The third-order valence-corrected chi connectivity index (χ3v) is 6.87. The van der Waals surface area contributed by atoms with E-state index in [9.17, 15) is 4.79 Å². The van der Waals surface area contributed by atoms with Crippen LogP contribution in [0.15, 0.2) is 36.4 Å². The number of anilines is 1. The van der Waals surface area contributed by atoms with E-state index in [0.29, 0.717) is 34.2 Å². The van der Waals surface area contributed by atoms with Crippen molar-refractivity contribution in [2.45, 2.75) is 52.5 Å². The van der Waals surface area contributed by atoms with Crippen LogP contribution < -0.4 is 20.1 Å². The number of benzene rings is 2. The first kappa shape index (κ1) is 24.5. The fourth-order valence-corrected chi connectivity index (χ4v) is 4.84. The number of ether oxygens (including phenoxy) is 2. The minimum Gasteiger partial charge on any atom is -0.497 e. The van der Waals surface area contributed by atoms with Gasteiger partial charge in [-0.2, -0.15) is 5.21 Å². The zero-order valence-corrected chi connectivity index (χ0v) is 21.0. The second-order valence-electron chi connectivity index (χ2n) is 10.0. The van der Waals surface area contributed by atoms with Crippen LogP contribution in [0.3, 0.4) is 0 Å². The van der Waals surface area contributed by atoms with Crippen molar-refractivity contribution in [2.75, 3.05) is 19.5 Å². The quantitative estimate of drug-likeness (QED) is 0.444. The predicted octanol–water partition coefficient (Wildman–Crippen LogP) is 5.28. The molecule has 0 spiro atoms. The van der Waals surface area contributed by atoms with Crippen molar-refractivity contribution >= 4 is 11.7 Å². The van der Waals surface area contributed by atoms with Gasteiger partial charge in [0.2, 0.25) is 5.82 Å². The summed E-state index contributed by atoms with van der Waals surface area (Å²) in [6, 6.07) is 11.3. The number of H-pyrrole nitrogens is 1. The van der Waals surface area contributed by atoms with Gasteiger partial charge in [-0.05, 0) is 71.6 Å². The van der Waals surface area contributed by atoms with E-state index in [1.54, 1.807) is 14.2 Å². The highest BCUT2D eigenvalue weighted by Crippen LogP contribution is 2.43. The van der Waals surface area contributed by atoms with Crippen LogP contribution in [-0.2, 0) is 0 Å². The summed E-state index contributed by atoms with van der Waals surface area (Å²) in [7, 11) is 3.19. The zero-order valence-electron chi connectivity index (χ0n) is 21.0. The summed E-state index contributed by atoms with van der Waals surface area (Å²) in [6.45, 7) is 6.88. The number of amides is 2. The van der Waals surface area contributed by atoms with Crippen molar-refractivity contribution in [1.82, 2.24) is 25.9 Å². The summed E-state index contributed by atoms with van der Waals surface area (Å²) >= 11 is 0. The summed E-state index contributed by atoms with van der Waals surface area (Å²) in [5.41, 5.74) is 3.24. The molecule has 1 fully saturated rings. The third-order valence-electron chi connectivity index (χ3n) is 6.87. The first-order chi connectivity index (χ1) is 16.8. The first-order valence-electron chi connectivity index (χ1n) is 12.0. The van der Waals surface area contributed by atoms with Crippen molar-refractivity contribution in [3.8, 4) is 34.0 Å². The second-order valence-corrected chi connectivity index (χ2v) is 10.0. The van der Waals surface area contributed by atoms with Gasteiger partial charge in [-0.1, -0.05) is 39.0 Å². The Hall–Kier alpha value is -3.62. The standard InChI is InChI=1S/C26H34N6O3/c1-26(2,3)17-8-10-18(11-9-17)27-25(33)28-21-15-14-20(16-6-12-19(34-4)13-7-16)22(23(21)35-5)24-29-31-32-30-24/h6-7,12-15,17-18H,8-11H2,1-5H3,(H2,27,28,33)(H,29,30,31,32). The third kappa shape index (κ3) is 5.55. The Morgan fingerprint density at radius 3 is 2.29 bits per heavy atom. The summed E-state index contributed by atoms with van der Waals surface area (Å²) in [6.07, 6.45) is 4.21. The van der Waals surface area contributed by atoms with Crippen LogP contribution in [0.4, 0.5) is 10.5 Å². The second kappa shape index (κ2) is 10.3. The van der Waals surface area contributed by atoms with E-state index in [0.717, 1.165) is 42.6 Å². The van der Waals surface area contributed by atoms with Gasteiger partial charge in [-0.15, -0.1) is 10.2 Å². The molecule has 0 aliphatic heterocycles. The molecule has 186 valence electrons. The van der Waals surface area contributed by atoms with Gasteiger partial charge in [0.1, 0.15) is 5.75 Å². The van der Waals surface area contributed by atoms with Crippen LogP contribution in [0.25, 0.3) is 22.5 Å². The molecule has 3 aromatic rings. The average Bonchev–Trinajstić information content (AvgIpc) is 3.38. The molecule has 1 heterocycles. The van der Waals surface area contributed by atoms with E-state index in [4.69, 9.17) is 9.47 Å². The number of tetrazole rings is 1. The molecular weight excluding hydrogens is 444 g/mol. The summed E-state index contributed by atoms with van der Waals surface area (Å²) < 4.78 is 11.0. The number of methoxy groups -OCH3 is 2. The number of nitrogens with zero attached hydrogens (tertiary/aromatic N) is 3. The van der Waals surface area contributed by atoms with E-state index in [1.807, 2.05) is 36.4 Å². The van der Waals surface area contributed by atoms with Crippen LogP contribution in [0.1, 0.15) is 46.5 Å². The number of aromatic amines is 1. The van der Waals surface area contributed by atoms with Crippen molar-refractivity contribution in [2.24, 2.45) is 11.3 Å². The molecule has 0 bridgehead atoms. The van der Waals surface area contributed by atoms with Gasteiger partial charge in [-0.3, -0.25) is 0 Å². The molecule has 1 saturated carbocycles. The number of rotatable bonds is 6. The molecule has 0 radical (unpaired) electrons. The molecule has 1 aromatic heterocycles. The van der Waals surface area contributed by atoms with Gasteiger partial charge in [0, 0.05) is 6.04 Å². The Bertz CT molecular complexity index is 1130. The Balaban J connectivity index is 1.57. The van der Waals surface area contributed by atoms with Gasteiger partial charge >= 0.3 is 6.03 Å². The lowest BCUT2D eigenvalue weighted by Gasteiger charge is -2.37. The minimum atomic E-state index is -0.251. The molecule has 2 aromatic carbocycles. The van der Waals surface area contributed by atoms with Crippen LogP contribution in [0.2, 0.25) is 0 Å². The topological polar surface area (TPSA) is 114 Å². The maximum Gasteiger partial charge on any atom is 0.319 e. The van der Waals surface area contributed by atoms with Crippen molar-refractivity contribution in [1.29, 1.82) is 0 Å². The van der Waals surface area contributed by atoms with Crippen LogP contribution >= 0.6 is 0 Å². The summed E-state index contributed by atoms with van der Waals surface area (Å²) in [5.74, 6) is 2.28. The number of nitrogens with one attached hydrogen (secondary N) is 3. The highest BCUT2D eigenvalue weighted by Gasteiger charge is 2.30. The van der Waals surface area contributed by atoms with Gasteiger partial charge in [0.15, 0.2) is 5.75 Å². The number of carbonyl (C=O) groups is 1. The molecule has 9 nitrogen and oxygen atoms in total. The first-order valence-corrected chi connectivity index (χ1v) is 12.0. The lowest BCUT2D eigenvalue weighted by Crippen LogP contribution is -2.41. The molecule has 3 N–H and O–H groups in total. The minimum absolute atomic E-state index is 0.162. The molecule has 1 aliphatic carbocycles. The van der Waals surface area contributed by atoms with Gasteiger partial charge < -0.3 is 20.1 Å². The number of aromatic nitrogens is 4. The molecule has 0 unspecified atom stereocenters. The molecule has 0 saturated heterocycles. The number of urea groups is 1. The summed E-state index contributed by atoms with van der Waals surface area (Å²) in [5, 5.41) is 20.7. The maximum absolute atomic E-state index is 12.9. The molecule has 9 heteroatoms. The van der Waals surface area contributed by atoms with Crippen molar-refractivity contribution in [3.63, 3.8) is 0 Å². The van der Waals surface area contributed by atoms with E-state index < -0.39 is 0 Å². The molecule has 0 atom stereocenters. The normalized spacial score (nSPS) is 18.1. The van der Waals surface area contributed by atoms with Gasteiger partial charge in [0.05, 0.1) is 25.5 Å². The van der Waals surface area contributed by atoms with Gasteiger partial charge in [-0.25, -0.2) is 4.79 Å². The Labute approximate surface area is 206 Å².